The van der Waals surface area contributed by atoms with Gasteiger partial charge in [0.05, 0.1) is 0 Å². The van der Waals surface area contributed by atoms with E-state index in [2.05, 4.69) is 12.2 Å². The molecule has 1 rings (SSSR count). The zero-order valence-corrected chi connectivity index (χ0v) is 11.2. The van der Waals surface area contributed by atoms with Gasteiger partial charge in [-0.1, -0.05) is 18.2 Å². The van der Waals surface area contributed by atoms with Crippen LogP contribution in [-0.2, 0) is 0 Å². The van der Waals surface area contributed by atoms with E-state index in [1.165, 1.54) is 0 Å². The molecule has 0 spiro atoms. The topological polar surface area (TPSA) is 67.5 Å². The van der Waals surface area contributed by atoms with Crippen molar-refractivity contribution in [3.05, 3.63) is 29.8 Å². The maximum Gasteiger partial charge on any atom is 0.122 e. The molecule has 4 N–H and O–H groups in total. The van der Waals surface area contributed by atoms with Gasteiger partial charge in [0, 0.05) is 12.6 Å². The zero-order chi connectivity index (χ0) is 13.4. The Kier molecular flexibility index (Phi) is 6.72. The number of aliphatic hydroxyl groups excluding tert-OH is 1. The smallest absolute Gasteiger partial charge is 0.122 e. The molecule has 0 aliphatic carbocycles. The summed E-state index contributed by atoms with van der Waals surface area (Å²) >= 11 is 0. The molecule has 18 heavy (non-hydrogen) atoms. The van der Waals surface area contributed by atoms with Gasteiger partial charge >= 0.3 is 0 Å². The summed E-state index contributed by atoms with van der Waals surface area (Å²) in [6.45, 7) is 5.52. The third-order valence-electron chi connectivity index (χ3n) is 2.83. The second-order valence-corrected chi connectivity index (χ2v) is 4.62. The third-order valence-corrected chi connectivity index (χ3v) is 2.83. The summed E-state index contributed by atoms with van der Waals surface area (Å²) in [5.74, 6) is 0.826. The van der Waals surface area contributed by atoms with Crippen molar-refractivity contribution in [3.63, 3.8) is 0 Å². The molecule has 0 amide bonds. The van der Waals surface area contributed by atoms with Crippen molar-refractivity contribution < 1.29 is 9.84 Å². The van der Waals surface area contributed by atoms with Crippen LogP contribution >= 0.6 is 0 Å². The van der Waals surface area contributed by atoms with E-state index in [0.717, 1.165) is 17.7 Å². The van der Waals surface area contributed by atoms with Gasteiger partial charge in [-0.25, -0.2) is 0 Å². The molecule has 102 valence electrons. The van der Waals surface area contributed by atoms with Crippen molar-refractivity contribution in [2.24, 2.45) is 5.73 Å². The van der Waals surface area contributed by atoms with Crippen LogP contribution in [0, 0.1) is 6.92 Å². The minimum absolute atomic E-state index is 0.299. The van der Waals surface area contributed by atoms with Crippen LogP contribution in [0.15, 0.2) is 24.3 Å². The summed E-state index contributed by atoms with van der Waals surface area (Å²) < 4.78 is 5.58. The average Bonchev–Trinajstić information content (AvgIpc) is 2.36. The Bertz CT molecular complexity index is 344. The van der Waals surface area contributed by atoms with Gasteiger partial charge in [-0.15, -0.1) is 0 Å². The molecule has 2 unspecified atom stereocenters. The number of nitrogens with one attached hydrogen (secondary N) is 1. The molecule has 0 aliphatic rings. The van der Waals surface area contributed by atoms with Gasteiger partial charge in [0.25, 0.3) is 0 Å². The highest BCUT2D eigenvalue weighted by molar-refractivity contribution is 5.31. The summed E-state index contributed by atoms with van der Waals surface area (Å²) in [4.78, 5) is 0. The Labute approximate surface area is 109 Å². The zero-order valence-electron chi connectivity index (χ0n) is 11.2. The van der Waals surface area contributed by atoms with Gasteiger partial charge in [-0.2, -0.15) is 0 Å². The Morgan fingerprint density at radius 2 is 2.11 bits per heavy atom. The first-order valence-corrected chi connectivity index (χ1v) is 6.43. The molecule has 0 aromatic heterocycles. The molecule has 1 aromatic rings. The molecule has 1 aromatic carbocycles. The lowest BCUT2D eigenvalue weighted by Gasteiger charge is -2.17. The maximum atomic E-state index is 9.80. The number of aryl methyl sites for hydroxylation is 1. The van der Waals surface area contributed by atoms with E-state index in [-0.39, 0.29) is 0 Å². The van der Waals surface area contributed by atoms with Crippen LogP contribution < -0.4 is 15.8 Å². The first-order chi connectivity index (χ1) is 8.63. The Morgan fingerprint density at radius 1 is 1.39 bits per heavy atom. The van der Waals surface area contributed by atoms with Crippen molar-refractivity contribution in [2.45, 2.75) is 32.4 Å². The van der Waals surface area contributed by atoms with Crippen LogP contribution in [0.25, 0.3) is 0 Å². The van der Waals surface area contributed by atoms with Crippen molar-refractivity contribution in [3.8, 4) is 5.75 Å². The van der Waals surface area contributed by atoms with E-state index in [1.807, 2.05) is 31.2 Å². The SMILES string of the molecule is Cc1ccccc1OCC(O)CNC(C)CCN. The molecule has 0 heterocycles. The van der Waals surface area contributed by atoms with Crippen molar-refractivity contribution in [1.82, 2.24) is 5.32 Å². The average molecular weight is 252 g/mol. The van der Waals surface area contributed by atoms with Gasteiger partial charge in [-0.3, -0.25) is 0 Å². The number of aliphatic hydroxyl groups is 1. The number of para-hydroxylation sites is 1. The predicted molar refractivity (Wildman–Crippen MR) is 73.8 cm³/mol. The summed E-state index contributed by atoms with van der Waals surface area (Å²) in [5, 5.41) is 13.0. The van der Waals surface area contributed by atoms with Gasteiger partial charge in [0.15, 0.2) is 0 Å². The molecule has 0 fully saturated rings. The van der Waals surface area contributed by atoms with E-state index in [9.17, 15) is 5.11 Å². The van der Waals surface area contributed by atoms with E-state index >= 15 is 0 Å². The summed E-state index contributed by atoms with van der Waals surface area (Å²) in [6.07, 6.45) is 0.399. The van der Waals surface area contributed by atoms with E-state index < -0.39 is 6.10 Å². The van der Waals surface area contributed by atoms with Crippen LogP contribution in [0.1, 0.15) is 18.9 Å². The van der Waals surface area contributed by atoms with Gasteiger partial charge < -0.3 is 20.9 Å². The fourth-order valence-electron chi connectivity index (χ4n) is 1.65. The van der Waals surface area contributed by atoms with Gasteiger partial charge in [0.1, 0.15) is 18.5 Å². The van der Waals surface area contributed by atoms with Crippen LogP contribution in [0.3, 0.4) is 0 Å². The molecular formula is C14H24N2O2. The first kappa shape index (κ1) is 15.0. The molecule has 4 heteroatoms. The normalized spacial score (nSPS) is 14.2. The Balaban J connectivity index is 2.25. The van der Waals surface area contributed by atoms with Gasteiger partial charge in [-0.05, 0) is 38.4 Å². The minimum atomic E-state index is -0.509. The second-order valence-electron chi connectivity index (χ2n) is 4.62. The fraction of sp³-hybridized carbons (Fsp3) is 0.571. The summed E-state index contributed by atoms with van der Waals surface area (Å²) in [6, 6.07) is 8.11. The summed E-state index contributed by atoms with van der Waals surface area (Å²) in [7, 11) is 0. The summed E-state index contributed by atoms with van der Waals surface area (Å²) in [5.41, 5.74) is 6.54. The number of hydrogen-bond acceptors (Lipinski definition) is 4. The highest BCUT2D eigenvalue weighted by Crippen LogP contribution is 2.16. The quantitative estimate of drug-likeness (QED) is 0.647. The number of ether oxygens (including phenoxy) is 1. The standard InChI is InChI=1S/C14H24N2O2/c1-11-5-3-4-6-14(11)18-10-13(17)9-16-12(2)7-8-15/h3-6,12-13,16-17H,7-10,15H2,1-2H3. The third kappa shape index (κ3) is 5.49. The number of benzene rings is 1. The molecule has 0 saturated carbocycles. The van der Waals surface area contributed by atoms with Gasteiger partial charge in [0.2, 0.25) is 0 Å². The lowest BCUT2D eigenvalue weighted by Crippen LogP contribution is -2.37. The first-order valence-electron chi connectivity index (χ1n) is 6.43. The van der Waals surface area contributed by atoms with Crippen LogP contribution in [-0.4, -0.2) is 36.9 Å². The fourth-order valence-corrected chi connectivity index (χ4v) is 1.65. The predicted octanol–water partition coefficient (Wildman–Crippen LogP) is 1.06. The van der Waals surface area contributed by atoms with E-state index in [1.54, 1.807) is 0 Å². The molecular weight excluding hydrogens is 228 g/mol. The molecule has 0 radical (unpaired) electrons. The lowest BCUT2D eigenvalue weighted by molar-refractivity contribution is 0.103. The second kappa shape index (κ2) is 8.08. The monoisotopic (exact) mass is 252 g/mol. The van der Waals surface area contributed by atoms with E-state index in [0.29, 0.717) is 25.7 Å². The number of rotatable bonds is 8. The largest absolute Gasteiger partial charge is 0.491 e. The highest BCUT2D eigenvalue weighted by atomic mass is 16.5. The van der Waals surface area contributed by atoms with Crippen LogP contribution in [0.5, 0.6) is 5.75 Å². The molecule has 0 aliphatic heterocycles. The molecule has 2 atom stereocenters. The Morgan fingerprint density at radius 3 is 2.78 bits per heavy atom. The van der Waals surface area contributed by atoms with Crippen molar-refractivity contribution in [1.29, 1.82) is 0 Å². The van der Waals surface area contributed by atoms with Crippen LogP contribution in [0.2, 0.25) is 0 Å². The van der Waals surface area contributed by atoms with Crippen molar-refractivity contribution in [2.75, 3.05) is 19.7 Å². The highest BCUT2D eigenvalue weighted by Gasteiger charge is 2.08. The maximum absolute atomic E-state index is 9.80. The van der Waals surface area contributed by atoms with Crippen molar-refractivity contribution >= 4 is 0 Å². The molecule has 0 bridgehead atoms. The van der Waals surface area contributed by atoms with Crippen LogP contribution in [0.4, 0.5) is 0 Å². The minimum Gasteiger partial charge on any atom is -0.491 e. The molecule has 4 nitrogen and oxygen atoms in total. The molecule has 0 saturated heterocycles. The number of hydrogen-bond donors (Lipinski definition) is 3. The lowest BCUT2D eigenvalue weighted by atomic mass is 10.2. The van der Waals surface area contributed by atoms with E-state index in [4.69, 9.17) is 10.5 Å². The Hall–Kier alpha value is -1.10. The number of nitrogens with two attached hydrogens (primary N) is 1.